The van der Waals surface area contributed by atoms with Crippen LogP contribution in [0.3, 0.4) is 0 Å². The maximum atomic E-state index is 6.04. The van der Waals surface area contributed by atoms with Crippen LogP contribution < -0.4 is 5.73 Å². The van der Waals surface area contributed by atoms with Gasteiger partial charge in [-0.05, 0) is 18.9 Å². The average molecular weight is 268 g/mol. The van der Waals surface area contributed by atoms with E-state index in [0.29, 0.717) is 24.2 Å². The van der Waals surface area contributed by atoms with Crippen molar-refractivity contribution in [2.45, 2.75) is 39.3 Å². The molecule has 1 aromatic heterocycles. The molecule has 108 valence electrons. The van der Waals surface area contributed by atoms with Gasteiger partial charge in [0.1, 0.15) is 6.10 Å². The van der Waals surface area contributed by atoms with Gasteiger partial charge in [0.05, 0.1) is 12.6 Å². The Balaban J connectivity index is 2.00. The van der Waals surface area contributed by atoms with Gasteiger partial charge in [-0.25, -0.2) is 0 Å². The number of ether oxygens (including phenoxy) is 1. The molecular formula is C13H24N4O2. The molecule has 19 heavy (non-hydrogen) atoms. The molecule has 1 aromatic rings. The van der Waals surface area contributed by atoms with Gasteiger partial charge in [0.15, 0.2) is 0 Å². The van der Waals surface area contributed by atoms with Crippen LogP contribution in [-0.2, 0) is 4.74 Å². The molecule has 2 heterocycles. The highest BCUT2D eigenvalue weighted by atomic mass is 16.5. The molecule has 1 aliphatic heterocycles. The Labute approximate surface area is 114 Å². The number of morpholine rings is 1. The van der Waals surface area contributed by atoms with Crippen LogP contribution in [0, 0.1) is 5.92 Å². The molecule has 0 spiro atoms. The Morgan fingerprint density at radius 2 is 2.26 bits per heavy atom. The van der Waals surface area contributed by atoms with Crippen LogP contribution in [0.15, 0.2) is 4.52 Å². The van der Waals surface area contributed by atoms with Crippen molar-refractivity contribution < 1.29 is 9.26 Å². The van der Waals surface area contributed by atoms with Gasteiger partial charge in [-0.2, -0.15) is 4.98 Å². The molecule has 0 aliphatic carbocycles. The number of nitrogens with zero attached hydrogens (tertiary/aromatic N) is 3. The van der Waals surface area contributed by atoms with Crippen molar-refractivity contribution in [1.82, 2.24) is 15.0 Å². The highest BCUT2D eigenvalue weighted by Crippen LogP contribution is 2.22. The monoisotopic (exact) mass is 268 g/mol. The third-order valence-electron chi connectivity index (χ3n) is 3.39. The van der Waals surface area contributed by atoms with Crippen molar-refractivity contribution in [2.75, 3.05) is 26.2 Å². The van der Waals surface area contributed by atoms with E-state index >= 15 is 0 Å². The van der Waals surface area contributed by atoms with Gasteiger partial charge in [0, 0.05) is 13.1 Å². The lowest BCUT2D eigenvalue weighted by molar-refractivity contribution is -0.0334. The molecule has 1 saturated heterocycles. The molecule has 2 atom stereocenters. The molecule has 0 radical (unpaired) electrons. The predicted molar refractivity (Wildman–Crippen MR) is 71.5 cm³/mol. The van der Waals surface area contributed by atoms with Gasteiger partial charge in [-0.3, -0.25) is 4.90 Å². The minimum absolute atomic E-state index is 0.0996. The van der Waals surface area contributed by atoms with Crippen LogP contribution >= 0.6 is 0 Å². The minimum Gasteiger partial charge on any atom is -0.367 e. The summed E-state index contributed by atoms with van der Waals surface area (Å²) < 4.78 is 11.0. The third-order valence-corrected chi connectivity index (χ3v) is 3.39. The molecule has 2 N–H and O–H groups in total. The first-order valence-corrected chi connectivity index (χ1v) is 7.03. The van der Waals surface area contributed by atoms with Gasteiger partial charge in [-0.15, -0.1) is 0 Å². The maximum Gasteiger partial charge on any atom is 0.243 e. The second kappa shape index (κ2) is 6.45. The molecule has 1 unspecified atom stereocenters. The fourth-order valence-corrected chi connectivity index (χ4v) is 2.28. The molecule has 1 fully saturated rings. The maximum absolute atomic E-state index is 6.04. The molecule has 0 aromatic carbocycles. The first kappa shape index (κ1) is 14.4. The van der Waals surface area contributed by atoms with Gasteiger partial charge < -0.3 is 15.0 Å². The molecular weight excluding hydrogens is 244 g/mol. The number of likely N-dealkylation sites (N-methyl/N-ethyl adjacent to an activating group) is 1. The van der Waals surface area contributed by atoms with Crippen molar-refractivity contribution in [3.05, 3.63) is 11.7 Å². The first-order chi connectivity index (χ1) is 9.10. The zero-order chi connectivity index (χ0) is 13.8. The van der Waals surface area contributed by atoms with Crippen LogP contribution in [-0.4, -0.2) is 41.3 Å². The third kappa shape index (κ3) is 3.75. The quantitative estimate of drug-likeness (QED) is 0.872. The number of hydrogen-bond acceptors (Lipinski definition) is 6. The zero-order valence-corrected chi connectivity index (χ0v) is 12.0. The van der Waals surface area contributed by atoms with Crippen molar-refractivity contribution in [2.24, 2.45) is 11.7 Å². The number of nitrogens with two attached hydrogens (primary N) is 1. The SMILES string of the molecule is CCN1CCOC(c2noc([C@@H](N)CC(C)C)n2)C1. The Hall–Kier alpha value is -0.980. The van der Waals surface area contributed by atoms with Crippen LogP contribution in [0.1, 0.15) is 51.1 Å². The summed E-state index contributed by atoms with van der Waals surface area (Å²) in [7, 11) is 0. The summed E-state index contributed by atoms with van der Waals surface area (Å²) >= 11 is 0. The lowest BCUT2D eigenvalue weighted by Gasteiger charge is -2.30. The summed E-state index contributed by atoms with van der Waals surface area (Å²) in [5.41, 5.74) is 6.04. The van der Waals surface area contributed by atoms with Crippen LogP contribution in [0.2, 0.25) is 0 Å². The normalized spacial score (nSPS) is 22.9. The number of rotatable bonds is 5. The predicted octanol–water partition coefficient (Wildman–Crippen LogP) is 1.51. The highest BCUT2D eigenvalue weighted by Gasteiger charge is 2.26. The van der Waals surface area contributed by atoms with Crippen LogP contribution in [0.25, 0.3) is 0 Å². The van der Waals surface area contributed by atoms with E-state index in [2.05, 4.69) is 35.8 Å². The van der Waals surface area contributed by atoms with E-state index in [0.717, 1.165) is 26.1 Å². The molecule has 0 saturated carbocycles. The fourth-order valence-electron chi connectivity index (χ4n) is 2.28. The second-order valence-electron chi connectivity index (χ2n) is 5.48. The van der Waals surface area contributed by atoms with Gasteiger partial charge in [0.2, 0.25) is 11.7 Å². The molecule has 0 amide bonds. The summed E-state index contributed by atoms with van der Waals surface area (Å²) in [5.74, 6) is 1.64. The van der Waals surface area contributed by atoms with Gasteiger partial charge in [-0.1, -0.05) is 25.9 Å². The van der Waals surface area contributed by atoms with E-state index in [1.807, 2.05) is 0 Å². The summed E-state index contributed by atoms with van der Waals surface area (Å²) in [5, 5.41) is 4.02. The van der Waals surface area contributed by atoms with Crippen LogP contribution in [0.4, 0.5) is 0 Å². The molecule has 6 heteroatoms. The fraction of sp³-hybridized carbons (Fsp3) is 0.846. The van der Waals surface area contributed by atoms with Gasteiger partial charge in [0.25, 0.3) is 0 Å². The Bertz CT molecular complexity index is 394. The van der Waals surface area contributed by atoms with Crippen molar-refractivity contribution in [3.8, 4) is 0 Å². The topological polar surface area (TPSA) is 77.4 Å². The summed E-state index contributed by atoms with van der Waals surface area (Å²) in [6.07, 6.45) is 0.742. The molecule has 6 nitrogen and oxygen atoms in total. The zero-order valence-electron chi connectivity index (χ0n) is 12.0. The van der Waals surface area contributed by atoms with E-state index in [1.54, 1.807) is 0 Å². The highest BCUT2D eigenvalue weighted by molar-refractivity contribution is 4.97. The van der Waals surface area contributed by atoms with Crippen LogP contribution in [0.5, 0.6) is 0 Å². The van der Waals surface area contributed by atoms with E-state index < -0.39 is 0 Å². The Morgan fingerprint density at radius 1 is 1.47 bits per heavy atom. The smallest absolute Gasteiger partial charge is 0.243 e. The first-order valence-electron chi connectivity index (χ1n) is 7.03. The summed E-state index contributed by atoms with van der Waals surface area (Å²) in [6.45, 7) is 9.89. The van der Waals surface area contributed by atoms with Crippen molar-refractivity contribution >= 4 is 0 Å². The average Bonchev–Trinajstić information content (AvgIpc) is 2.88. The summed E-state index contributed by atoms with van der Waals surface area (Å²) in [6, 6.07) is -0.188. The second-order valence-corrected chi connectivity index (χ2v) is 5.48. The van der Waals surface area contributed by atoms with E-state index in [1.165, 1.54) is 0 Å². The Morgan fingerprint density at radius 3 is 2.95 bits per heavy atom. The largest absolute Gasteiger partial charge is 0.367 e. The standard InChI is InChI=1S/C13H24N4O2/c1-4-17-5-6-18-11(8-17)12-15-13(19-16-12)10(14)7-9(2)3/h9-11H,4-8,14H2,1-3H3/t10-,11?/m0/s1. The number of hydrogen-bond donors (Lipinski definition) is 1. The Kier molecular flexibility index (Phi) is 4.90. The van der Waals surface area contributed by atoms with Crippen molar-refractivity contribution in [3.63, 3.8) is 0 Å². The van der Waals surface area contributed by atoms with E-state index in [4.69, 9.17) is 15.0 Å². The molecule has 2 rings (SSSR count). The molecule has 1 aliphatic rings. The number of aromatic nitrogens is 2. The minimum atomic E-state index is -0.188. The van der Waals surface area contributed by atoms with Gasteiger partial charge >= 0.3 is 0 Å². The van der Waals surface area contributed by atoms with Crippen molar-refractivity contribution in [1.29, 1.82) is 0 Å². The molecule has 0 bridgehead atoms. The summed E-state index contributed by atoms with van der Waals surface area (Å²) in [4.78, 5) is 6.72. The lowest BCUT2D eigenvalue weighted by atomic mass is 10.0. The van der Waals surface area contributed by atoms with E-state index in [9.17, 15) is 0 Å². The van der Waals surface area contributed by atoms with E-state index in [-0.39, 0.29) is 12.1 Å². The lowest BCUT2D eigenvalue weighted by Crippen LogP contribution is -2.38.